The molecule has 0 aromatic heterocycles. The van der Waals surface area contributed by atoms with Crippen molar-refractivity contribution >= 4 is 5.78 Å². The van der Waals surface area contributed by atoms with Gasteiger partial charge in [-0.15, -0.1) is 0 Å². The highest BCUT2D eigenvalue weighted by molar-refractivity contribution is 5.84. The number of ether oxygens (including phenoxy) is 2. The number of likely N-dealkylation sites (tertiary alicyclic amines) is 1. The minimum absolute atomic E-state index is 0.186. The van der Waals surface area contributed by atoms with Crippen LogP contribution in [0, 0.1) is 5.82 Å². The van der Waals surface area contributed by atoms with Gasteiger partial charge in [0.2, 0.25) is 0 Å². The SMILES string of the molecule is CO[C@@H]1CN(CCCOc2ccc(F)cc2)CCC1=O. The summed E-state index contributed by atoms with van der Waals surface area (Å²) in [6.07, 6.45) is 1.13. The molecular formula is C15H20FNO3. The van der Waals surface area contributed by atoms with Gasteiger partial charge in [0.25, 0.3) is 0 Å². The Morgan fingerprint density at radius 2 is 2.10 bits per heavy atom. The number of rotatable bonds is 6. The predicted octanol–water partition coefficient (Wildman–Crippen LogP) is 1.88. The lowest BCUT2D eigenvalue weighted by Crippen LogP contribution is -2.45. The summed E-state index contributed by atoms with van der Waals surface area (Å²) in [6, 6.07) is 6.01. The molecule has 110 valence electrons. The summed E-state index contributed by atoms with van der Waals surface area (Å²) in [5.41, 5.74) is 0. The molecular weight excluding hydrogens is 261 g/mol. The standard InChI is InChI=1S/C15H20FNO3/c1-19-15-11-17(9-7-14(15)18)8-2-10-20-13-5-3-12(16)4-6-13/h3-6,15H,2,7-11H2,1H3/t15-/m1/s1. The maximum atomic E-state index is 12.7. The quantitative estimate of drug-likeness (QED) is 0.746. The summed E-state index contributed by atoms with van der Waals surface area (Å²) in [5, 5.41) is 0. The fourth-order valence-electron chi connectivity index (χ4n) is 2.27. The zero-order chi connectivity index (χ0) is 14.4. The molecule has 0 bridgehead atoms. The van der Waals surface area contributed by atoms with Gasteiger partial charge >= 0.3 is 0 Å². The molecule has 1 atom stereocenters. The van der Waals surface area contributed by atoms with E-state index in [1.165, 1.54) is 12.1 Å². The minimum Gasteiger partial charge on any atom is -0.494 e. The van der Waals surface area contributed by atoms with E-state index in [0.717, 1.165) is 19.5 Å². The molecule has 1 aromatic carbocycles. The number of carbonyl (C=O) groups excluding carboxylic acids is 1. The molecule has 1 aliphatic heterocycles. The molecule has 1 saturated heterocycles. The average Bonchev–Trinajstić information content (AvgIpc) is 2.47. The number of hydrogen-bond acceptors (Lipinski definition) is 4. The van der Waals surface area contributed by atoms with E-state index in [1.54, 1.807) is 19.2 Å². The van der Waals surface area contributed by atoms with Crippen LogP contribution in [-0.4, -0.2) is 50.1 Å². The summed E-state index contributed by atoms with van der Waals surface area (Å²) in [5.74, 6) is 0.599. The lowest BCUT2D eigenvalue weighted by atomic mass is 10.1. The zero-order valence-corrected chi connectivity index (χ0v) is 11.7. The lowest BCUT2D eigenvalue weighted by molar-refractivity contribution is -0.133. The summed E-state index contributed by atoms with van der Waals surface area (Å²) < 4.78 is 23.4. The Morgan fingerprint density at radius 1 is 1.35 bits per heavy atom. The Labute approximate surface area is 118 Å². The third kappa shape index (κ3) is 4.28. The largest absolute Gasteiger partial charge is 0.494 e. The first-order valence-corrected chi connectivity index (χ1v) is 6.85. The number of ketones is 1. The molecule has 1 heterocycles. The van der Waals surface area contributed by atoms with Crippen LogP contribution in [0.15, 0.2) is 24.3 Å². The Balaban J connectivity index is 1.66. The normalized spacial score (nSPS) is 20.1. The van der Waals surface area contributed by atoms with Crippen LogP contribution in [0.4, 0.5) is 4.39 Å². The molecule has 0 spiro atoms. The number of carbonyl (C=O) groups is 1. The van der Waals surface area contributed by atoms with Crippen LogP contribution in [0.3, 0.4) is 0 Å². The second kappa shape index (κ2) is 7.36. The highest BCUT2D eigenvalue weighted by Crippen LogP contribution is 2.12. The molecule has 0 N–H and O–H groups in total. The maximum absolute atomic E-state index is 12.7. The second-order valence-corrected chi connectivity index (χ2v) is 4.90. The molecule has 20 heavy (non-hydrogen) atoms. The van der Waals surface area contributed by atoms with Gasteiger partial charge in [0, 0.05) is 33.2 Å². The van der Waals surface area contributed by atoms with Crippen LogP contribution in [-0.2, 0) is 9.53 Å². The van der Waals surface area contributed by atoms with Gasteiger partial charge in [-0.25, -0.2) is 4.39 Å². The Morgan fingerprint density at radius 3 is 2.80 bits per heavy atom. The van der Waals surface area contributed by atoms with Crippen molar-refractivity contribution in [3.8, 4) is 5.75 Å². The van der Waals surface area contributed by atoms with Crippen LogP contribution in [0.2, 0.25) is 0 Å². The van der Waals surface area contributed by atoms with Crippen LogP contribution in [0.1, 0.15) is 12.8 Å². The fourth-order valence-corrected chi connectivity index (χ4v) is 2.27. The predicted molar refractivity (Wildman–Crippen MR) is 73.4 cm³/mol. The van der Waals surface area contributed by atoms with Crippen molar-refractivity contribution in [3.63, 3.8) is 0 Å². The van der Waals surface area contributed by atoms with Gasteiger partial charge in [-0.1, -0.05) is 0 Å². The third-order valence-corrected chi connectivity index (χ3v) is 3.44. The maximum Gasteiger partial charge on any atom is 0.164 e. The van der Waals surface area contributed by atoms with E-state index in [4.69, 9.17) is 9.47 Å². The van der Waals surface area contributed by atoms with Crippen molar-refractivity contribution in [1.29, 1.82) is 0 Å². The van der Waals surface area contributed by atoms with Crippen LogP contribution in [0.25, 0.3) is 0 Å². The third-order valence-electron chi connectivity index (χ3n) is 3.44. The van der Waals surface area contributed by atoms with Crippen molar-refractivity contribution in [3.05, 3.63) is 30.1 Å². The van der Waals surface area contributed by atoms with E-state index in [-0.39, 0.29) is 17.7 Å². The van der Waals surface area contributed by atoms with Crippen LogP contribution >= 0.6 is 0 Å². The summed E-state index contributed by atoms with van der Waals surface area (Å²) in [6.45, 7) is 2.89. The number of Topliss-reactive ketones (excluding diaryl/α,β-unsaturated/α-hetero) is 1. The zero-order valence-electron chi connectivity index (χ0n) is 11.7. The van der Waals surface area contributed by atoms with Gasteiger partial charge in [0.05, 0.1) is 6.61 Å². The number of benzene rings is 1. The highest BCUT2D eigenvalue weighted by atomic mass is 19.1. The van der Waals surface area contributed by atoms with E-state index in [2.05, 4.69) is 4.90 Å². The Hall–Kier alpha value is -1.46. The monoisotopic (exact) mass is 281 g/mol. The molecule has 0 unspecified atom stereocenters. The molecule has 1 aromatic rings. The highest BCUT2D eigenvalue weighted by Gasteiger charge is 2.26. The number of methoxy groups -OCH3 is 1. The summed E-state index contributed by atoms with van der Waals surface area (Å²) in [4.78, 5) is 13.7. The molecule has 4 nitrogen and oxygen atoms in total. The van der Waals surface area contributed by atoms with E-state index in [0.29, 0.717) is 25.3 Å². The van der Waals surface area contributed by atoms with Crippen molar-refractivity contribution < 1.29 is 18.7 Å². The molecule has 0 radical (unpaired) electrons. The molecule has 0 aliphatic carbocycles. The van der Waals surface area contributed by atoms with Crippen LogP contribution in [0.5, 0.6) is 5.75 Å². The van der Waals surface area contributed by atoms with Crippen molar-refractivity contribution in [2.75, 3.05) is 33.4 Å². The van der Waals surface area contributed by atoms with Crippen molar-refractivity contribution in [2.24, 2.45) is 0 Å². The van der Waals surface area contributed by atoms with Crippen LogP contribution < -0.4 is 4.74 Å². The molecule has 5 heteroatoms. The molecule has 0 saturated carbocycles. The van der Waals surface area contributed by atoms with Gasteiger partial charge in [-0.2, -0.15) is 0 Å². The average molecular weight is 281 g/mol. The summed E-state index contributed by atoms with van der Waals surface area (Å²) >= 11 is 0. The molecule has 1 aliphatic rings. The van der Waals surface area contributed by atoms with Gasteiger partial charge in [-0.3, -0.25) is 9.69 Å². The van der Waals surface area contributed by atoms with Crippen molar-refractivity contribution in [1.82, 2.24) is 4.90 Å². The van der Waals surface area contributed by atoms with Gasteiger partial charge < -0.3 is 9.47 Å². The molecule has 1 fully saturated rings. The Kier molecular flexibility index (Phi) is 5.49. The lowest BCUT2D eigenvalue weighted by Gasteiger charge is -2.30. The van der Waals surface area contributed by atoms with Crippen molar-refractivity contribution in [2.45, 2.75) is 18.9 Å². The number of nitrogens with zero attached hydrogens (tertiary/aromatic N) is 1. The molecule has 2 rings (SSSR count). The number of halogens is 1. The van der Waals surface area contributed by atoms with Gasteiger partial charge in [0.1, 0.15) is 17.7 Å². The first-order valence-electron chi connectivity index (χ1n) is 6.85. The fraction of sp³-hybridized carbons (Fsp3) is 0.533. The van der Waals surface area contributed by atoms with E-state index >= 15 is 0 Å². The topological polar surface area (TPSA) is 38.8 Å². The van der Waals surface area contributed by atoms with E-state index in [9.17, 15) is 9.18 Å². The first kappa shape index (κ1) is 14.9. The Bertz CT molecular complexity index is 435. The van der Waals surface area contributed by atoms with E-state index in [1.807, 2.05) is 0 Å². The molecule has 0 amide bonds. The number of hydrogen-bond donors (Lipinski definition) is 0. The smallest absolute Gasteiger partial charge is 0.164 e. The van der Waals surface area contributed by atoms with Gasteiger partial charge in [0.15, 0.2) is 5.78 Å². The minimum atomic E-state index is -0.290. The van der Waals surface area contributed by atoms with Gasteiger partial charge in [-0.05, 0) is 30.7 Å². The number of piperidine rings is 1. The first-order chi connectivity index (χ1) is 9.69. The second-order valence-electron chi connectivity index (χ2n) is 4.90. The van der Waals surface area contributed by atoms with E-state index < -0.39 is 0 Å². The summed E-state index contributed by atoms with van der Waals surface area (Å²) in [7, 11) is 1.57.